The number of halogens is 3. The molecule has 0 radical (unpaired) electrons. The van der Waals surface area contributed by atoms with Crippen LogP contribution >= 0.6 is 35.6 Å². The first-order chi connectivity index (χ1) is 25.4. The number of aromatic amines is 1. The van der Waals surface area contributed by atoms with E-state index in [-0.39, 0.29) is 59.1 Å². The van der Waals surface area contributed by atoms with Gasteiger partial charge in [-0.2, -0.15) is 8.61 Å². The van der Waals surface area contributed by atoms with E-state index in [1.165, 1.54) is 49.9 Å². The third-order valence-corrected chi connectivity index (χ3v) is 14.7. The molecule has 2 aliphatic heterocycles. The fraction of sp³-hybridized carbons (Fsp3) is 0.343. The molecule has 0 spiro atoms. The molecule has 0 saturated carbocycles. The summed E-state index contributed by atoms with van der Waals surface area (Å²) < 4.78 is 88.5. The van der Waals surface area contributed by atoms with Crippen LogP contribution in [0.15, 0.2) is 93.8 Å². The predicted molar refractivity (Wildman–Crippen MR) is 215 cm³/mol. The Morgan fingerprint density at radius 3 is 1.89 bits per heavy atom. The van der Waals surface area contributed by atoms with Crippen LogP contribution in [0.4, 0.5) is 4.79 Å². The summed E-state index contributed by atoms with van der Waals surface area (Å²) in [5, 5.41) is 5.11. The Kier molecular flexibility index (Phi) is 12.9. The SMILES string of the molecule is CC(C)(C)OC(=O)N1CCN(S(=O)(=O)c2cc3cc(Cl)ccc3n2S(=O)(=O)c2ccccc2)CC1.Cl.O=S(=O)(c1cc2cc(Cl)ccc2[nH]1)N1CCNCC1. The van der Waals surface area contributed by atoms with Crippen molar-refractivity contribution in [2.45, 2.75) is 41.3 Å². The lowest BCUT2D eigenvalue weighted by molar-refractivity contribution is 0.0192. The molecule has 5 aromatic rings. The smallest absolute Gasteiger partial charge is 0.410 e. The van der Waals surface area contributed by atoms with Gasteiger partial charge in [0, 0.05) is 78.7 Å². The second-order valence-corrected chi connectivity index (χ2v) is 20.1. The molecular formula is C35H41Cl3N6O8S3. The molecule has 2 saturated heterocycles. The second-order valence-electron chi connectivity index (χ2n) is 13.7. The number of benzene rings is 3. The quantitative estimate of drug-likeness (QED) is 0.220. The van der Waals surface area contributed by atoms with E-state index in [0.29, 0.717) is 41.6 Å². The third-order valence-electron chi connectivity index (χ3n) is 8.72. The maximum absolute atomic E-state index is 13.7. The minimum Gasteiger partial charge on any atom is -0.444 e. The van der Waals surface area contributed by atoms with Gasteiger partial charge < -0.3 is 19.9 Å². The zero-order valence-corrected chi connectivity index (χ0v) is 34.9. The van der Waals surface area contributed by atoms with Crippen molar-refractivity contribution < 1.29 is 34.8 Å². The summed E-state index contributed by atoms with van der Waals surface area (Å²) >= 11 is 12.0. The van der Waals surface area contributed by atoms with Crippen molar-refractivity contribution in [1.29, 1.82) is 0 Å². The van der Waals surface area contributed by atoms with Gasteiger partial charge in [-0.25, -0.2) is 34.0 Å². The number of carbonyl (C=O) groups is 1. The molecule has 2 fully saturated rings. The normalized spacial score (nSPS) is 16.3. The van der Waals surface area contributed by atoms with Crippen LogP contribution in [0.2, 0.25) is 10.0 Å². The number of aromatic nitrogens is 2. The van der Waals surface area contributed by atoms with Gasteiger partial charge in [-0.05, 0) is 81.4 Å². The minimum atomic E-state index is -4.25. The Morgan fingerprint density at radius 2 is 1.27 bits per heavy atom. The molecule has 55 heavy (non-hydrogen) atoms. The lowest BCUT2D eigenvalue weighted by atomic mass is 10.2. The van der Waals surface area contributed by atoms with Crippen LogP contribution < -0.4 is 5.32 Å². The van der Waals surface area contributed by atoms with Crippen molar-refractivity contribution in [2.24, 2.45) is 0 Å². The van der Waals surface area contributed by atoms with E-state index in [9.17, 15) is 30.0 Å². The number of piperazine rings is 2. The summed E-state index contributed by atoms with van der Waals surface area (Å²) in [6.45, 7) is 7.85. The van der Waals surface area contributed by atoms with E-state index < -0.39 is 41.8 Å². The van der Waals surface area contributed by atoms with Gasteiger partial charge in [-0.1, -0.05) is 41.4 Å². The molecule has 20 heteroatoms. The first-order valence-corrected chi connectivity index (χ1v) is 22.0. The van der Waals surface area contributed by atoms with Gasteiger partial charge in [0.05, 0.1) is 10.4 Å². The molecule has 298 valence electrons. The number of nitrogens with zero attached hydrogens (tertiary/aromatic N) is 4. The van der Waals surface area contributed by atoms with Gasteiger partial charge in [0.1, 0.15) is 10.6 Å². The van der Waals surface area contributed by atoms with E-state index >= 15 is 0 Å². The third kappa shape index (κ3) is 9.27. The predicted octanol–water partition coefficient (Wildman–Crippen LogP) is 5.61. The van der Waals surface area contributed by atoms with Gasteiger partial charge in [0.15, 0.2) is 5.03 Å². The van der Waals surface area contributed by atoms with E-state index in [1.807, 2.05) is 0 Å². The lowest BCUT2D eigenvalue weighted by Gasteiger charge is -2.35. The van der Waals surface area contributed by atoms with Crippen LogP contribution in [0.25, 0.3) is 21.8 Å². The molecule has 1 amide bonds. The van der Waals surface area contributed by atoms with Crippen molar-refractivity contribution >= 4 is 93.6 Å². The maximum Gasteiger partial charge on any atom is 0.410 e. The van der Waals surface area contributed by atoms with Crippen LogP contribution in [-0.2, 0) is 34.8 Å². The van der Waals surface area contributed by atoms with Crippen molar-refractivity contribution in [2.75, 3.05) is 52.4 Å². The molecule has 0 bridgehead atoms. The van der Waals surface area contributed by atoms with E-state index in [0.717, 1.165) is 14.9 Å². The number of nitrogens with one attached hydrogen (secondary N) is 2. The Morgan fingerprint density at radius 1 is 0.691 bits per heavy atom. The van der Waals surface area contributed by atoms with Crippen LogP contribution in [0.1, 0.15) is 20.8 Å². The number of hydrogen-bond acceptors (Lipinski definition) is 9. The summed E-state index contributed by atoms with van der Waals surface area (Å²) in [5.74, 6) is 0. The largest absolute Gasteiger partial charge is 0.444 e. The minimum absolute atomic E-state index is 0. The highest BCUT2D eigenvalue weighted by molar-refractivity contribution is 7.92. The number of hydrogen-bond donors (Lipinski definition) is 2. The van der Waals surface area contributed by atoms with E-state index in [4.69, 9.17) is 27.9 Å². The summed E-state index contributed by atoms with van der Waals surface area (Å²) in [4.78, 5) is 16.7. The van der Waals surface area contributed by atoms with Crippen LogP contribution in [0, 0.1) is 0 Å². The second kappa shape index (κ2) is 16.6. The Labute approximate surface area is 336 Å². The van der Waals surface area contributed by atoms with Crippen LogP contribution in [0.3, 0.4) is 0 Å². The Hall–Kier alpha value is -3.39. The summed E-state index contributed by atoms with van der Waals surface area (Å²) in [6, 6.07) is 20.4. The molecule has 14 nitrogen and oxygen atoms in total. The molecular weight excluding hydrogens is 835 g/mol. The number of amides is 1. The van der Waals surface area contributed by atoms with Crippen molar-refractivity contribution in [3.63, 3.8) is 0 Å². The van der Waals surface area contributed by atoms with Gasteiger partial charge in [-0.15, -0.1) is 12.4 Å². The Bertz CT molecular complexity index is 2510. The number of H-pyrrole nitrogens is 1. The van der Waals surface area contributed by atoms with E-state index in [2.05, 4.69) is 10.3 Å². The average Bonchev–Trinajstić information content (AvgIpc) is 3.75. The molecule has 0 aliphatic carbocycles. The molecule has 0 unspecified atom stereocenters. The Balaban J connectivity index is 0.000000244. The van der Waals surface area contributed by atoms with Gasteiger partial charge >= 0.3 is 6.09 Å². The van der Waals surface area contributed by atoms with Crippen molar-refractivity contribution in [3.8, 4) is 0 Å². The molecule has 0 atom stereocenters. The molecule has 2 N–H and O–H groups in total. The van der Waals surface area contributed by atoms with Crippen molar-refractivity contribution in [1.82, 2.24) is 27.8 Å². The summed E-state index contributed by atoms with van der Waals surface area (Å²) in [7, 11) is -11.9. The number of ether oxygens (including phenoxy) is 1. The van der Waals surface area contributed by atoms with Gasteiger partial charge in [0.25, 0.3) is 30.1 Å². The summed E-state index contributed by atoms with van der Waals surface area (Å²) in [6.07, 6.45) is -0.523. The van der Waals surface area contributed by atoms with Gasteiger partial charge in [-0.3, -0.25) is 0 Å². The lowest BCUT2D eigenvalue weighted by Crippen LogP contribution is -2.51. The standard InChI is InChI=1S/C23H26ClN3O6S2.C12H14ClN3O2S.ClH/c1-23(2,3)33-22(28)25-11-13-26(14-12-25)35(31,32)21-16-17-15-18(24)9-10-20(17)27(21)34(29,30)19-7-5-4-6-8-19;13-10-1-2-11-9(7-10)8-12(15-11)19(17,18)16-5-3-14-4-6-16;/h4-10,15-16H,11-14H2,1-3H3;1-2,7-8,14-15H,3-6H2;1H. The summed E-state index contributed by atoms with van der Waals surface area (Å²) in [5.41, 5.74) is 0.302. The molecule has 4 heterocycles. The zero-order valence-electron chi connectivity index (χ0n) is 30.1. The highest BCUT2D eigenvalue weighted by Crippen LogP contribution is 2.32. The molecule has 3 aromatic carbocycles. The topological polar surface area (TPSA) is 171 Å². The fourth-order valence-electron chi connectivity index (χ4n) is 6.07. The fourth-order valence-corrected chi connectivity index (χ4v) is 11.4. The highest BCUT2D eigenvalue weighted by atomic mass is 35.5. The van der Waals surface area contributed by atoms with Crippen LogP contribution in [0.5, 0.6) is 0 Å². The molecule has 2 aromatic heterocycles. The number of carbonyl (C=O) groups excluding carboxylic acids is 1. The van der Waals surface area contributed by atoms with Gasteiger partial charge in [0.2, 0.25) is 0 Å². The first-order valence-electron chi connectivity index (χ1n) is 17.0. The zero-order chi connectivity index (χ0) is 39.1. The number of rotatable bonds is 6. The number of fused-ring (bicyclic) bond motifs is 2. The molecule has 2 aliphatic rings. The van der Waals surface area contributed by atoms with E-state index in [1.54, 1.807) is 63.2 Å². The molecule has 7 rings (SSSR count). The highest BCUT2D eigenvalue weighted by Gasteiger charge is 2.37. The maximum atomic E-state index is 13.7. The number of sulfonamides is 2. The monoisotopic (exact) mass is 874 g/mol. The van der Waals surface area contributed by atoms with Crippen LogP contribution in [-0.4, -0.2) is 112 Å². The van der Waals surface area contributed by atoms with Crippen molar-refractivity contribution in [3.05, 3.63) is 88.9 Å². The first kappa shape index (κ1) is 42.7. The average molecular weight is 876 g/mol.